The Balaban J connectivity index is 1.86. The molecule has 0 spiro atoms. The second-order valence-corrected chi connectivity index (χ2v) is 6.18. The van der Waals surface area contributed by atoms with Crippen LogP contribution < -0.4 is 10.1 Å². The fraction of sp³-hybridized carbons (Fsp3) is 0.174. The van der Waals surface area contributed by atoms with Gasteiger partial charge in [-0.2, -0.15) is 0 Å². The Bertz CT molecular complexity index is 986. The normalized spacial score (nSPS) is 10.3. The third-order valence-electron chi connectivity index (χ3n) is 4.38. The molecular weight excluding hydrogens is 368 g/mol. The van der Waals surface area contributed by atoms with Crippen LogP contribution in [0.15, 0.2) is 66.9 Å². The van der Waals surface area contributed by atoms with Gasteiger partial charge in [0, 0.05) is 18.3 Å². The quantitative estimate of drug-likeness (QED) is 0.620. The first kappa shape index (κ1) is 20.1. The molecule has 3 aromatic rings. The van der Waals surface area contributed by atoms with Crippen LogP contribution in [0.2, 0.25) is 0 Å². The molecule has 29 heavy (non-hydrogen) atoms. The van der Waals surface area contributed by atoms with Gasteiger partial charge < -0.3 is 14.8 Å². The highest BCUT2D eigenvalue weighted by atomic mass is 16.5. The van der Waals surface area contributed by atoms with Gasteiger partial charge in [-0.25, -0.2) is 4.79 Å². The molecule has 2 aromatic carbocycles. The average Bonchev–Trinajstić information content (AvgIpc) is 2.78. The second kappa shape index (κ2) is 9.50. The fourth-order valence-electron chi connectivity index (χ4n) is 2.97. The molecule has 148 valence electrons. The maximum Gasteiger partial charge on any atom is 0.338 e. The van der Waals surface area contributed by atoms with Gasteiger partial charge in [-0.1, -0.05) is 30.3 Å². The van der Waals surface area contributed by atoms with Crippen molar-refractivity contribution in [3.63, 3.8) is 0 Å². The molecule has 3 rings (SSSR count). The molecule has 1 aromatic heterocycles. The standard InChI is InChI=1S/C23H22N2O4/c1-3-29-23(27)17-12-10-16(11-13-17)18-7-6-9-21(28-2)19(18)15-25-22(26)20-8-4-5-14-24-20/h4-14H,3,15H2,1-2H3,(H,25,26). The summed E-state index contributed by atoms with van der Waals surface area (Å²) >= 11 is 0. The van der Waals surface area contributed by atoms with Gasteiger partial charge in [-0.3, -0.25) is 9.78 Å². The molecule has 1 amide bonds. The first-order chi connectivity index (χ1) is 14.1. The zero-order chi connectivity index (χ0) is 20.6. The molecule has 0 aliphatic heterocycles. The number of carbonyl (C=O) groups excluding carboxylic acids is 2. The Morgan fingerprint density at radius 3 is 2.45 bits per heavy atom. The number of benzene rings is 2. The summed E-state index contributed by atoms with van der Waals surface area (Å²) in [6, 6.07) is 18.0. The van der Waals surface area contributed by atoms with Crippen LogP contribution in [-0.4, -0.2) is 30.6 Å². The lowest BCUT2D eigenvalue weighted by Crippen LogP contribution is -2.24. The lowest BCUT2D eigenvalue weighted by Gasteiger charge is -2.15. The maximum absolute atomic E-state index is 12.4. The zero-order valence-corrected chi connectivity index (χ0v) is 16.3. The topological polar surface area (TPSA) is 77.5 Å². The molecule has 0 atom stereocenters. The zero-order valence-electron chi connectivity index (χ0n) is 16.3. The van der Waals surface area contributed by atoms with E-state index in [1.807, 2.05) is 30.3 Å². The van der Waals surface area contributed by atoms with Crippen LogP contribution in [-0.2, 0) is 11.3 Å². The van der Waals surface area contributed by atoms with Crippen LogP contribution in [0.1, 0.15) is 33.3 Å². The Morgan fingerprint density at radius 1 is 1.00 bits per heavy atom. The first-order valence-corrected chi connectivity index (χ1v) is 9.26. The Kier molecular flexibility index (Phi) is 6.58. The number of hydrogen-bond donors (Lipinski definition) is 1. The second-order valence-electron chi connectivity index (χ2n) is 6.18. The van der Waals surface area contributed by atoms with E-state index in [0.29, 0.717) is 23.6 Å². The summed E-state index contributed by atoms with van der Waals surface area (Å²) in [5, 5.41) is 2.89. The molecule has 0 bridgehead atoms. The molecule has 0 unspecified atom stereocenters. The lowest BCUT2D eigenvalue weighted by atomic mass is 9.97. The van der Waals surface area contributed by atoms with E-state index in [1.54, 1.807) is 50.6 Å². The van der Waals surface area contributed by atoms with Crippen molar-refractivity contribution in [3.05, 3.63) is 83.7 Å². The van der Waals surface area contributed by atoms with E-state index in [9.17, 15) is 9.59 Å². The van der Waals surface area contributed by atoms with E-state index in [2.05, 4.69) is 10.3 Å². The fourth-order valence-corrected chi connectivity index (χ4v) is 2.97. The number of methoxy groups -OCH3 is 1. The molecular formula is C23H22N2O4. The molecule has 0 saturated heterocycles. The Labute approximate surface area is 169 Å². The Morgan fingerprint density at radius 2 is 1.79 bits per heavy atom. The SMILES string of the molecule is CCOC(=O)c1ccc(-c2cccc(OC)c2CNC(=O)c2ccccn2)cc1. The van der Waals surface area contributed by atoms with Crippen LogP contribution in [0.25, 0.3) is 11.1 Å². The van der Waals surface area contributed by atoms with Gasteiger partial charge in [0.05, 0.1) is 19.3 Å². The van der Waals surface area contributed by atoms with Crippen molar-refractivity contribution in [2.75, 3.05) is 13.7 Å². The van der Waals surface area contributed by atoms with E-state index < -0.39 is 0 Å². The highest BCUT2D eigenvalue weighted by molar-refractivity contribution is 5.92. The minimum Gasteiger partial charge on any atom is -0.496 e. The summed E-state index contributed by atoms with van der Waals surface area (Å²) in [7, 11) is 1.59. The molecule has 0 aliphatic carbocycles. The van der Waals surface area contributed by atoms with Crippen molar-refractivity contribution in [3.8, 4) is 16.9 Å². The van der Waals surface area contributed by atoms with E-state index in [0.717, 1.165) is 16.7 Å². The minimum atomic E-state index is -0.354. The molecule has 0 aliphatic rings. The molecule has 0 radical (unpaired) electrons. The van der Waals surface area contributed by atoms with Gasteiger partial charge in [0.25, 0.3) is 5.91 Å². The third kappa shape index (κ3) is 4.79. The van der Waals surface area contributed by atoms with Gasteiger partial charge in [-0.05, 0) is 48.4 Å². The number of pyridine rings is 1. The minimum absolute atomic E-state index is 0.264. The highest BCUT2D eigenvalue weighted by Gasteiger charge is 2.14. The van der Waals surface area contributed by atoms with Gasteiger partial charge in [0.1, 0.15) is 11.4 Å². The van der Waals surface area contributed by atoms with Crippen molar-refractivity contribution >= 4 is 11.9 Å². The third-order valence-corrected chi connectivity index (χ3v) is 4.38. The lowest BCUT2D eigenvalue weighted by molar-refractivity contribution is 0.0526. The molecule has 1 N–H and O–H groups in total. The molecule has 6 nitrogen and oxygen atoms in total. The van der Waals surface area contributed by atoms with Gasteiger partial charge in [0.2, 0.25) is 0 Å². The summed E-state index contributed by atoms with van der Waals surface area (Å²) in [4.78, 5) is 28.3. The van der Waals surface area contributed by atoms with E-state index in [4.69, 9.17) is 9.47 Å². The number of amides is 1. The van der Waals surface area contributed by atoms with Crippen LogP contribution in [0.5, 0.6) is 5.75 Å². The van der Waals surface area contributed by atoms with Crippen molar-refractivity contribution in [2.24, 2.45) is 0 Å². The van der Waals surface area contributed by atoms with Gasteiger partial charge in [0.15, 0.2) is 0 Å². The largest absolute Gasteiger partial charge is 0.496 e. The van der Waals surface area contributed by atoms with Crippen molar-refractivity contribution in [1.29, 1.82) is 0 Å². The summed E-state index contributed by atoms with van der Waals surface area (Å²) in [5.74, 6) is 0.0472. The van der Waals surface area contributed by atoms with Crippen molar-refractivity contribution in [1.82, 2.24) is 10.3 Å². The van der Waals surface area contributed by atoms with E-state index in [-0.39, 0.29) is 18.4 Å². The van der Waals surface area contributed by atoms with Gasteiger partial charge >= 0.3 is 5.97 Å². The first-order valence-electron chi connectivity index (χ1n) is 9.26. The van der Waals surface area contributed by atoms with Crippen LogP contribution in [0, 0.1) is 0 Å². The molecule has 0 saturated carbocycles. The number of nitrogens with one attached hydrogen (secondary N) is 1. The number of ether oxygens (including phenoxy) is 2. The number of esters is 1. The van der Waals surface area contributed by atoms with Gasteiger partial charge in [-0.15, -0.1) is 0 Å². The predicted molar refractivity (Wildman–Crippen MR) is 110 cm³/mol. The smallest absolute Gasteiger partial charge is 0.338 e. The number of aromatic nitrogens is 1. The van der Waals surface area contributed by atoms with Crippen molar-refractivity contribution in [2.45, 2.75) is 13.5 Å². The monoisotopic (exact) mass is 390 g/mol. The number of rotatable bonds is 7. The Hall–Kier alpha value is -3.67. The van der Waals surface area contributed by atoms with Crippen LogP contribution >= 0.6 is 0 Å². The summed E-state index contributed by atoms with van der Waals surface area (Å²) in [5.41, 5.74) is 3.48. The predicted octanol–water partition coefficient (Wildman–Crippen LogP) is 3.86. The average molecular weight is 390 g/mol. The molecule has 1 heterocycles. The summed E-state index contributed by atoms with van der Waals surface area (Å²) < 4.78 is 10.5. The van der Waals surface area contributed by atoms with Crippen LogP contribution in [0.3, 0.4) is 0 Å². The number of hydrogen-bond acceptors (Lipinski definition) is 5. The molecule has 0 fully saturated rings. The number of nitrogens with zero attached hydrogens (tertiary/aromatic N) is 1. The summed E-state index contributed by atoms with van der Waals surface area (Å²) in [6.45, 7) is 2.37. The summed E-state index contributed by atoms with van der Waals surface area (Å²) in [6.07, 6.45) is 1.58. The number of carbonyl (C=O) groups is 2. The van der Waals surface area contributed by atoms with Crippen LogP contribution in [0.4, 0.5) is 0 Å². The van der Waals surface area contributed by atoms with E-state index >= 15 is 0 Å². The maximum atomic E-state index is 12.4. The molecule has 6 heteroatoms. The highest BCUT2D eigenvalue weighted by Crippen LogP contribution is 2.31. The van der Waals surface area contributed by atoms with E-state index in [1.165, 1.54) is 0 Å². The van der Waals surface area contributed by atoms with Crippen molar-refractivity contribution < 1.29 is 19.1 Å².